The first-order valence-corrected chi connectivity index (χ1v) is 7.60. The van der Waals surface area contributed by atoms with E-state index in [1.165, 1.54) is 0 Å². The molecule has 0 fully saturated rings. The molecule has 1 heterocycles. The molecule has 0 unspecified atom stereocenters. The van der Waals surface area contributed by atoms with E-state index in [9.17, 15) is 4.79 Å². The Kier molecular flexibility index (Phi) is 4.24. The van der Waals surface area contributed by atoms with Gasteiger partial charge in [0.05, 0.1) is 11.7 Å². The smallest absolute Gasteiger partial charge is 0.272 e. The molecule has 0 aliphatic rings. The minimum absolute atomic E-state index is 0.00725. The Bertz CT molecular complexity index is 781. The van der Waals surface area contributed by atoms with Crippen LogP contribution in [0.15, 0.2) is 66.7 Å². The van der Waals surface area contributed by atoms with Gasteiger partial charge >= 0.3 is 0 Å². The van der Waals surface area contributed by atoms with Gasteiger partial charge in [-0.2, -0.15) is 5.10 Å². The molecule has 116 valence electrons. The van der Waals surface area contributed by atoms with Gasteiger partial charge in [-0.15, -0.1) is 0 Å². The summed E-state index contributed by atoms with van der Waals surface area (Å²) in [5.74, 6) is -0.0731. The number of aromatic nitrogens is 2. The van der Waals surface area contributed by atoms with Gasteiger partial charge in [0.2, 0.25) is 0 Å². The van der Waals surface area contributed by atoms with E-state index in [4.69, 9.17) is 0 Å². The Morgan fingerprint density at radius 2 is 1.65 bits per heavy atom. The monoisotopic (exact) mass is 305 g/mol. The number of hydrogen-bond donors (Lipinski definition) is 1. The largest absolute Gasteiger partial charge is 0.334 e. The fraction of sp³-hybridized carbons (Fsp3) is 0.158. The molecule has 1 N–H and O–H groups in total. The summed E-state index contributed by atoms with van der Waals surface area (Å²) in [6.45, 7) is 2.02. The highest BCUT2D eigenvalue weighted by molar-refractivity contribution is 5.93. The Hall–Kier alpha value is -2.88. The summed E-state index contributed by atoms with van der Waals surface area (Å²) in [7, 11) is 1.81. The second-order valence-electron chi connectivity index (χ2n) is 5.54. The summed E-state index contributed by atoms with van der Waals surface area (Å²) in [4.78, 5) is 14.4. The average Bonchev–Trinajstić information content (AvgIpc) is 3.11. The maximum Gasteiger partial charge on any atom is 0.272 e. The minimum Gasteiger partial charge on any atom is -0.334 e. The maximum atomic E-state index is 12.7. The van der Waals surface area contributed by atoms with Gasteiger partial charge in [0.25, 0.3) is 5.91 Å². The van der Waals surface area contributed by atoms with Crippen LogP contribution in [0.25, 0.3) is 11.3 Å². The zero-order valence-corrected chi connectivity index (χ0v) is 13.2. The third kappa shape index (κ3) is 3.16. The maximum absolute atomic E-state index is 12.7. The molecule has 0 saturated heterocycles. The molecular formula is C19H19N3O. The van der Waals surface area contributed by atoms with Crippen LogP contribution >= 0.6 is 0 Å². The van der Waals surface area contributed by atoms with E-state index in [1.54, 1.807) is 11.0 Å². The van der Waals surface area contributed by atoms with Gasteiger partial charge in [0, 0.05) is 12.6 Å². The second kappa shape index (κ2) is 6.48. The standard InChI is InChI=1S/C19H19N3O/c1-14(15-9-5-3-6-10-15)22(2)19(23)18-13-17(20-21-18)16-11-7-4-8-12-16/h3-14H,1-2H3,(H,20,21)/t14-/m1/s1. The van der Waals surface area contributed by atoms with Crippen LogP contribution in [0.2, 0.25) is 0 Å². The lowest BCUT2D eigenvalue weighted by Gasteiger charge is -2.24. The summed E-state index contributed by atoms with van der Waals surface area (Å²) >= 11 is 0. The Morgan fingerprint density at radius 1 is 1.04 bits per heavy atom. The quantitative estimate of drug-likeness (QED) is 0.794. The first-order chi connectivity index (χ1) is 11.2. The topological polar surface area (TPSA) is 49.0 Å². The van der Waals surface area contributed by atoms with E-state index in [-0.39, 0.29) is 11.9 Å². The van der Waals surface area contributed by atoms with Crippen LogP contribution in [-0.2, 0) is 0 Å². The van der Waals surface area contributed by atoms with Crippen molar-refractivity contribution in [2.24, 2.45) is 0 Å². The number of nitrogens with zero attached hydrogens (tertiary/aromatic N) is 2. The van der Waals surface area contributed by atoms with Crippen molar-refractivity contribution in [3.63, 3.8) is 0 Å². The van der Waals surface area contributed by atoms with Crippen LogP contribution in [0.1, 0.15) is 29.0 Å². The molecule has 1 atom stereocenters. The Balaban J connectivity index is 1.79. The SMILES string of the molecule is C[C@H](c1ccccc1)N(C)C(=O)c1cc(-c2ccccc2)n[nH]1. The van der Waals surface area contributed by atoms with Crippen LogP contribution in [0.3, 0.4) is 0 Å². The van der Waals surface area contributed by atoms with E-state index in [0.29, 0.717) is 5.69 Å². The fourth-order valence-corrected chi connectivity index (χ4v) is 2.51. The molecule has 0 aliphatic heterocycles. The lowest BCUT2D eigenvalue weighted by atomic mass is 10.1. The van der Waals surface area contributed by atoms with Crippen molar-refractivity contribution in [2.75, 3.05) is 7.05 Å². The molecule has 0 saturated carbocycles. The summed E-state index contributed by atoms with van der Waals surface area (Å²) < 4.78 is 0. The number of benzene rings is 2. The Labute approximate surface area is 135 Å². The lowest BCUT2D eigenvalue weighted by Crippen LogP contribution is -2.29. The van der Waals surface area contributed by atoms with Crippen LogP contribution in [-0.4, -0.2) is 28.1 Å². The fourth-order valence-electron chi connectivity index (χ4n) is 2.51. The summed E-state index contributed by atoms with van der Waals surface area (Å²) in [5, 5.41) is 7.10. The van der Waals surface area contributed by atoms with E-state index in [0.717, 1.165) is 16.8 Å². The molecule has 0 radical (unpaired) electrons. The normalized spacial score (nSPS) is 11.9. The van der Waals surface area contributed by atoms with Crippen molar-refractivity contribution in [3.05, 3.63) is 78.0 Å². The number of rotatable bonds is 4. The van der Waals surface area contributed by atoms with Crippen molar-refractivity contribution in [1.29, 1.82) is 0 Å². The molecule has 23 heavy (non-hydrogen) atoms. The summed E-state index contributed by atoms with van der Waals surface area (Å²) in [5.41, 5.74) is 3.36. The van der Waals surface area contributed by atoms with Gasteiger partial charge in [-0.05, 0) is 18.6 Å². The van der Waals surface area contributed by atoms with Crippen molar-refractivity contribution in [2.45, 2.75) is 13.0 Å². The number of nitrogens with one attached hydrogen (secondary N) is 1. The molecule has 1 aromatic heterocycles. The second-order valence-corrected chi connectivity index (χ2v) is 5.54. The van der Waals surface area contributed by atoms with Gasteiger partial charge in [0.1, 0.15) is 5.69 Å². The van der Waals surface area contributed by atoms with Gasteiger partial charge in [-0.25, -0.2) is 0 Å². The zero-order valence-electron chi connectivity index (χ0n) is 13.2. The van der Waals surface area contributed by atoms with Gasteiger partial charge in [-0.3, -0.25) is 9.89 Å². The van der Waals surface area contributed by atoms with Crippen molar-refractivity contribution >= 4 is 5.91 Å². The van der Waals surface area contributed by atoms with Crippen LogP contribution in [0.5, 0.6) is 0 Å². The Morgan fingerprint density at radius 3 is 2.30 bits per heavy atom. The average molecular weight is 305 g/mol. The van der Waals surface area contributed by atoms with Gasteiger partial charge in [-0.1, -0.05) is 60.7 Å². The lowest BCUT2D eigenvalue weighted by molar-refractivity contribution is 0.0736. The number of carbonyl (C=O) groups excluding carboxylic acids is 1. The third-order valence-electron chi connectivity index (χ3n) is 4.06. The molecule has 4 nitrogen and oxygen atoms in total. The zero-order chi connectivity index (χ0) is 16.2. The van der Waals surface area contributed by atoms with Crippen LogP contribution < -0.4 is 0 Å². The molecule has 0 spiro atoms. The van der Waals surface area contributed by atoms with Crippen LogP contribution in [0, 0.1) is 0 Å². The first-order valence-electron chi connectivity index (χ1n) is 7.60. The molecule has 3 aromatic rings. The minimum atomic E-state index is -0.0731. The summed E-state index contributed by atoms with van der Waals surface area (Å²) in [6.07, 6.45) is 0. The summed E-state index contributed by atoms with van der Waals surface area (Å²) in [6, 6.07) is 21.6. The van der Waals surface area contributed by atoms with E-state index in [2.05, 4.69) is 10.2 Å². The van der Waals surface area contributed by atoms with Crippen LogP contribution in [0.4, 0.5) is 0 Å². The molecule has 1 amide bonds. The first kappa shape index (κ1) is 15.0. The number of aromatic amines is 1. The molecule has 2 aromatic carbocycles. The van der Waals surface area contributed by atoms with E-state index in [1.807, 2.05) is 74.6 Å². The van der Waals surface area contributed by atoms with Gasteiger partial charge in [0.15, 0.2) is 0 Å². The molecule has 3 rings (SSSR count). The van der Waals surface area contributed by atoms with Crippen molar-refractivity contribution in [1.82, 2.24) is 15.1 Å². The number of amides is 1. The predicted molar refractivity (Wildman–Crippen MR) is 91.0 cm³/mol. The van der Waals surface area contributed by atoms with Gasteiger partial charge < -0.3 is 4.90 Å². The number of H-pyrrole nitrogens is 1. The van der Waals surface area contributed by atoms with E-state index >= 15 is 0 Å². The van der Waals surface area contributed by atoms with Crippen molar-refractivity contribution in [3.8, 4) is 11.3 Å². The molecule has 0 aliphatic carbocycles. The third-order valence-corrected chi connectivity index (χ3v) is 4.06. The highest BCUT2D eigenvalue weighted by atomic mass is 16.2. The molecule has 0 bridgehead atoms. The number of carbonyl (C=O) groups is 1. The molecule has 4 heteroatoms. The highest BCUT2D eigenvalue weighted by Gasteiger charge is 2.20. The van der Waals surface area contributed by atoms with Crippen molar-refractivity contribution < 1.29 is 4.79 Å². The predicted octanol–water partition coefficient (Wildman–Crippen LogP) is 3.91. The van der Waals surface area contributed by atoms with E-state index < -0.39 is 0 Å². The molecular weight excluding hydrogens is 286 g/mol. The highest BCUT2D eigenvalue weighted by Crippen LogP contribution is 2.22. The number of hydrogen-bond acceptors (Lipinski definition) is 2.